The summed E-state index contributed by atoms with van der Waals surface area (Å²) in [6, 6.07) is 0.264. The molecule has 47 heavy (non-hydrogen) atoms. The van der Waals surface area contributed by atoms with E-state index in [1.807, 2.05) is 0 Å². The summed E-state index contributed by atoms with van der Waals surface area (Å²) in [5.74, 6) is -4.00. The normalized spacial score (nSPS) is 20.7. The van der Waals surface area contributed by atoms with Crippen molar-refractivity contribution in [2.45, 2.75) is 82.9 Å². The molecule has 3 aromatic heterocycles. The largest absolute Gasteiger partial charge is 0.416 e. The highest BCUT2D eigenvalue weighted by molar-refractivity contribution is 5.92. The third-order valence-corrected chi connectivity index (χ3v) is 8.61. The monoisotopic (exact) mass is 674 g/mol. The Labute approximate surface area is 265 Å². The molecule has 1 unspecified atom stereocenters. The summed E-state index contributed by atoms with van der Waals surface area (Å²) in [6.45, 7) is 3.58. The number of ether oxygens (including phenoxy) is 2. The maximum atomic E-state index is 13.6. The number of aromatic nitrogens is 6. The molecular formula is C29H36F6N8O4. The number of carbonyl (C=O) groups is 2. The van der Waals surface area contributed by atoms with Gasteiger partial charge in [0.1, 0.15) is 5.69 Å². The quantitative estimate of drug-likeness (QED) is 0.309. The molecule has 2 saturated heterocycles. The summed E-state index contributed by atoms with van der Waals surface area (Å²) >= 11 is 0. The van der Waals surface area contributed by atoms with Crippen LogP contribution in [0.5, 0.6) is 0 Å². The fourth-order valence-corrected chi connectivity index (χ4v) is 5.64. The van der Waals surface area contributed by atoms with Gasteiger partial charge in [0.15, 0.2) is 5.60 Å². The number of hydrogen-bond donors (Lipinski definition) is 2. The molecule has 0 saturated carbocycles. The van der Waals surface area contributed by atoms with Crippen molar-refractivity contribution in [3.63, 3.8) is 0 Å². The first kappa shape index (κ1) is 34.5. The molecule has 0 aromatic carbocycles. The molecule has 0 aliphatic carbocycles. The van der Waals surface area contributed by atoms with Gasteiger partial charge in [-0.25, -0.2) is 14.5 Å². The first-order valence-electron chi connectivity index (χ1n) is 15.3. The standard InChI is InChI=1S/C29H36F6N8O4/c1-4-42-22(5-8-37-42)25(45)38-21(15-47-27(2,3)29(33,34)35)20-14-43-26(39-20)40-23(16-6-9-46-10-7-16)19(41-43)12-17-11-18(28(30,31)32)13-36-24(17)44/h5,8,14,16-18,21H,4,6-7,9-13,15H2,1-3H3,(H,36,44)(H,38,45)/t17-,18-,21?/m1/s1. The lowest BCUT2D eigenvalue weighted by Gasteiger charge is -2.31. The molecule has 12 nitrogen and oxygen atoms in total. The van der Waals surface area contributed by atoms with Crippen LogP contribution in [0.2, 0.25) is 0 Å². The number of halogens is 6. The number of alkyl halides is 6. The van der Waals surface area contributed by atoms with E-state index in [4.69, 9.17) is 14.5 Å². The Kier molecular flexibility index (Phi) is 9.82. The zero-order chi connectivity index (χ0) is 34.1. The molecule has 258 valence electrons. The molecule has 5 rings (SSSR count). The second-order valence-corrected chi connectivity index (χ2v) is 12.2. The Hall–Kier alpha value is -3.80. The van der Waals surface area contributed by atoms with E-state index in [1.54, 1.807) is 6.92 Å². The van der Waals surface area contributed by atoms with E-state index < -0.39 is 67.2 Å². The van der Waals surface area contributed by atoms with Crippen LogP contribution in [0.15, 0.2) is 18.5 Å². The second kappa shape index (κ2) is 13.4. The number of piperidine rings is 1. The van der Waals surface area contributed by atoms with Crippen LogP contribution >= 0.6 is 0 Å². The lowest BCUT2D eigenvalue weighted by molar-refractivity contribution is -0.265. The van der Waals surface area contributed by atoms with Crippen LogP contribution in [0, 0.1) is 11.8 Å². The molecular weight excluding hydrogens is 638 g/mol. The minimum atomic E-state index is -4.71. The van der Waals surface area contributed by atoms with Crippen LogP contribution in [0.4, 0.5) is 26.3 Å². The van der Waals surface area contributed by atoms with Crippen molar-refractivity contribution in [3.8, 4) is 0 Å². The van der Waals surface area contributed by atoms with E-state index >= 15 is 0 Å². The Morgan fingerprint density at radius 2 is 1.89 bits per heavy atom. The maximum absolute atomic E-state index is 13.6. The van der Waals surface area contributed by atoms with Crippen molar-refractivity contribution < 1.29 is 45.4 Å². The number of nitrogens with zero attached hydrogens (tertiary/aromatic N) is 6. The topological polar surface area (TPSA) is 138 Å². The van der Waals surface area contributed by atoms with Gasteiger partial charge in [-0.15, -0.1) is 0 Å². The molecule has 2 aliphatic rings. The van der Waals surface area contributed by atoms with Gasteiger partial charge in [-0.05, 0) is 46.1 Å². The first-order valence-corrected chi connectivity index (χ1v) is 15.3. The predicted octanol–water partition coefficient (Wildman–Crippen LogP) is 3.92. The summed E-state index contributed by atoms with van der Waals surface area (Å²) in [4.78, 5) is 35.1. The molecule has 18 heteroatoms. The van der Waals surface area contributed by atoms with E-state index in [9.17, 15) is 35.9 Å². The average molecular weight is 675 g/mol. The number of carbonyl (C=O) groups excluding carboxylic acids is 2. The maximum Gasteiger partial charge on any atom is 0.416 e. The van der Waals surface area contributed by atoms with Crippen molar-refractivity contribution >= 4 is 17.6 Å². The molecule has 2 fully saturated rings. The number of rotatable bonds is 10. The van der Waals surface area contributed by atoms with Gasteiger partial charge < -0.3 is 20.1 Å². The third kappa shape index (κ3) is 7.69. The first-order chi connectivity index (χ1) is 22.1. The Morgan fingerprint density at radius 1 is 1.17 bits per heavy atom. The van der Waals surface area contributed by atoms with Crippen LogP contribution < -0.4 is 10.6 Å². The number of amides is 2. The molecule has 0 spiro atoms. The van der Waals surface area contributed by atoms with Crippen LogP contribution in [-0.2, 0) is 27.2 Å². The lowest BCUT2D eigenvalue weighted by atomic mass is 9.84. The minimum absolute atomic E-state index is 0.0550. The number of aryl methyl sites for hydroxylation is 1. The summed E-state index contributed by atoms with van der Waals surface area (Å²) in [5, 5.41) is 13.7. The van der Waals surface area contributed by atoms with Crippen molar-refractivity contribution in [1.82, 2.24) is 40.0 Å². The van der Waals surface area contributed by atoms with Gasteiger partial charge in [-0.3, -0.25) is 14.3 Å². The SMILES string of the molecule is CCn1nccc1C(=O)NC(COC(C)(C)C(F)(F)F)c1cn2nc(C[C@H]3C[C@@H](C(F)(F)F)CNC3=O)c(C3CCOCC3)nc2n1. The third-order valence-electron chi connectivity index (χ3n) is 8.61. The fourth-order valence-electron chi connectivity index (χ4n) is 5.64. The lowest BCUT2D eigenvalue weighted by Crippen LogP contribution is -2.47. The summed E-state index contributed by atoms with van der Waals surface area (Å²) in [6.07, 6.45) is -5.84. The molecule has 2 N–H and O–H groups in total. The zero-order valence-electron chi connectivity index (χ0n) is 26.0. The van der Waals surface area contributed by atoms with Crippen LogP contribution in [0.25, 0.3) is 5.78 Å². The summed E-state index contributed by atoms with van der Waals surface area (Å²) < 4.78 is 95.0. The van der Waals surface area contributed by atoms with Gasteiger partial charge in [0, 0.05) is 50.8 Å². The van der Waals surface area contributed by atoms with E-state index in [1.165, 1.54) is 27.7 Å². The molecule has 0 radical (unpaired) electrons. The number of imidazole rings is 1. The van der Waals surface area contributed by atoms with Crippen molar-refractivity contribution in [1.29, 1.82) is 0 Å². The summed E-state index contributed by atoms with van der Waals surface area (Å²) in [7, 11) is 0. The van der Waals surface area contributed by atoms with Crippen molar-refractivity contribution in [3.05, 3.63) is 41.2 Å². The predicted molar refractivity (Wildman–Crippen MR) is 152 cm³/mol. The smallest absolute Gasteiger partial charge is 0.381 e. The van der Waals surface area contributed by atoms with E-state index in [-0.39, 0.29) is 29.5 Å². The number of fused-ring (bicyclic) bond motifs is 1. The van der Waals surface area contributed by atoms with Gasteiger partial charge in [0.25, 0.3) is 11.7 Å². The van der Waals surface area contributed by atoms with Gasteiger partial charge >= 0.3 is 12.4 Å². The van der Waals surface area contributed by atoms with Gasteiger partial charge in [-0.2, -0.15) is 36.5 Å². The zero-order valence-corrected chi connectivity index (χ0v) is 26.0. The Balaban J connectivity index is 1.51. The van der Waals surface area contributed by atoms with Crippen molar-refractivity contribution in [2.24, 2.45) is 11.8 Å². The molecule has 2 aliphatic heterocycles. The minimum Gasteiger partial charge on any atom is -0.381 e. The van der Waals surface area contributed by atoms with Crippen LogP contribution in [0.1, 0.15) is 79.6 Å². The molecule has 0 bridgehead atoms. The van der Waals surface area contributed by atoms with E-state index in [0.29, 0.717) is 44.0 Å². The summed E-state index contributed by atoms with van der Waals surface area (Å²) in [5.41, 5.74) is -1.55. The molecule has 3 atom stereocenters. The van der Waals surface area contributed by atoms with E-state index in [0.717, 1.165) is 13.8 Å². The fraction of sp³-hybridized carbons (Fsp3) is 0.655. The van der Waals surface area contributed by atoms with Crippen LogP contribution in [0.3, 0.4) is 0 Å². The van der Waals surface area contributed by atoms with Crippen LogP contribution in [-0.4, -0.2) is 85.5 Å². The number of nitrogens with one attached hydrogen (secondary N) is 2. The number of hydrogen-bond acceptors (Lipinski definition) is 8. The highest BCUT2D eigenvalue weighted by Gasteiger charge is 2.49. The van der Waals surface area contributed by atoms with Gasteiger partial charge in [-0.1, -0.05) is 0 Å². The Morgan fingerprint density at radius 3 is 2.55 bits per heavy atom. The van der Waals surface area contributed by atoms with Crippen molar-refractivity contribution in [2.75, 3.05) is 26.4 Å². The molecule has 3 aromatic rings. The highest BCUT2D eigenvalue weighted by atomic mass is 19.4. The molecule has 2 amide bonds. The van der Waals surface area contributed by atoms with Gasteiger partial charge in [0.05, 0.1) is 41.8 Å². The second-order valence-electron chi connectivity index (χ2n) is 12.2. The Bertz CT molecular complexity index is 1580. The highest BCUT2D eigenvalue weighted by Crippen LogP contribution is 2.36. The molecule has 5 heterocycles. The average Bonchev–Trinajstić information content (AvgIpc) is 3.66. The van der Waals surface area contributed by atoms with E-state index in [2.05, 4.69) is 25.8 Å². The van der Waals surface area contributed by atoms with Gasteiger partial charge in [0.2, 0.25) is 5.91 Å².